The molecule has 0 unspecified atom stereocenters. The highest BCUT2D eigenvalue weighted by Gasteiger charge is 2.06. The van der Waals surface area contributed by atoms with Crippen molar-refractivity contribution >= 4 is 0 Å². The van der Waals surface area contributed by atoms with Gasteiger partial charge in [-0.25, -0.2) is 0 Å². The van der Waals surface area contributed by atoms with Crippen molar-refractivity contribution in [2.45, 2.75) is 53.4 Å². The molecule has 17 heavy (non-hydrogen) atoms. The minimum absolute atomic E-state index is 0.563. The van der Waals surface area contributed by atoms with Crippen LogP contribution in [0.2, 0.25) is 0 Å². The Morgan fingerprint density at radius 3 is 2.29 bits per heavy atom. The molecule has 1 nitrogen and oxygen atoms in total. The van der Waals surface area contributed by atoms with E-state index in [-0.39, 0.29) is 0 Å². The predicted octanol–water partition coefficient (Wildman–Crippen LogP) is 4.80. The number of aryl methyl sites for hydroxylation is 1. The van der Waals surface area contributed by atoms with Crippen molar-refractivity contribution < 1.29 is 4.74 Å². The third-order valence-corrected chi connectivity index (χ3v) is 2.78. The predicted molar refractivity (Wildman–Crippen MR) is 74.9 cm³/mol. The standard InChI is InChI=1S/C16H26O/c1-6-7-14-8-15(13(4)5)10-16(9-14)17-11-12(2)3/h8-10,12-13H,6-7,11H2,1-5H3. The lowest BCUT2D eigenvalue weighted by Gasteiger charge is -2.14. The van der Waals surface area contributed by atoms with E-state index in [0.29, 0.717) is 11.8 Å². The molecular weight excluding hydrogens is 208 g/mol. The van der Waals surface area contributed by atoms with E-state index in [9.17, 15) is 0 Å². The molecule has 1 rings (SSSR count). The Bertz CT molecular complexity index is 339. The van der Waals surface area contributed by atoms with Crippen molar-refractivity contribution in [2.24, 2.45) is 5.92 Å². The van der Waals surface area contributed by atoms with E-state index in [0.717, 1.165) is 18.8 Å². The highest BCUT2D eigenvalue weighted by atomic mass is 16.5. The second-order valence-corrected chi connectivity index (χ2v) is 5.52. The molecule has 0 fully saturated rings. The van der Waals surface area contributed by atoms with Crippen LogP contribution in [0.15, 0.2) is 18.2 Å². The largest absolute Gasteiger partial charge is 0.493 e. The van der Waals surface area contributed by atoms with E-state index < -0.39 is 0 Å². The minimum atomic E-state index is 0.563. The van der Waals surface area contributed by atoms with E-state index in [4.69, 9.17) is 4.74 Å². The fourth-order valence-electron chi connectivity index (χ4n) is 1.80. The Morgan fingerprint density at radius 1 is 1.06 bits per heavy atom. The van der Waals surface area contributed by atoms with Crippen LogP contribution in [-0.4, -0.2) is 6.61 Å². The van der Waals surface area contributed by atoms with Gasteiger partial charge < -0.3 is 4.74 Å². The van der Waals surface area contributed by atoms with Crippen molar-refractivity contribution in [3.05, 3.63) is 29.3 Å². The number of ether oxygens (including phenoxy) is 1. The van der Waals surface area contributed by atoms with E-state index in [1.807, 2.05) is 0 Å². The van der Waals surface area contributed by atoms with Crippen LogP contribution >= 0.6 is 0 Å². The first-order chi connectivity index (χ1) is 8.02. The van der Waals surface area contributed by atoms with Gasteiger partial charge in [0.2, 0.25) is 0 Å². The molecular formula is C16H26O. The first-order valence-electron chi connectivity index (χ1n) is 6.79. The molecule has 0 bridgehead atoms. The molecule has 1 aromatic rings. The fourth-order valence-corrected chi connectivity index (χ4v) is 1.80. The monoisotopic (exact) mass is 234 g/mol. The van der Waals surface area contributed by atoms with Crippen molar-refractivity contribution in [1.29, 1.82) is 0 Å². The lowest BCUT2D eigenvalue weighted by Crippen LogP contribution is -2.05. The summed E-state index contributed by atoms with van der Waals surface area (Å²) in [6, 6.07) is 6.69. The molecule has 0 aliphatic rings. The first-order valence-corrected chi connectivity index (χ1v) is 6.79. The van der Waals surface area contributed by atoms with Crippen molar-refractivity contribution in [3.63, 3.8) is 0 Å². The van der Waals surface area contributed by atoms with Gasteiger partial charge >= 0.3 is 0 Å². The van der Waals surface area contributed by atoms with Crippen LogP contribution in [0.3, 0.4) is 0 Å². The van der Waals surface area contributed by atoms with Gasteiger partial charge in [0.15, 0.2) is 0 Å². The smallest absolute Gasteiger partial charge is 0.119 e. The molecule has 0 spiro atoms. The van der Waals surface area contributed by atoms with E-state index in [1.165, 1.54) is 17.5 Å². The molecule has 0 aliphatic heterocycles. The summed E-state index contributed by atoms with van der Waals surface area (Å²) in [6.45, 7) is 11.8. The van der Waals surface area contributed by atoms with Crippen LogP contribution in [0.1, 0.15) is 58.1 Å². The zero-order valence-corrected chi connectivity index (χ0v) is 11.9. The third kappa shape index (κ3) is 4.80. The normalized spacial score (nSPS) is 11.2. The molecule has 1 heteroatoms. The summed E-state index contributed by atoms with van der Waals surface area (Å²) in [7, 11) is 0. The molecule has 0 radical (unpaired) electrons. The summed E-state index contributed by atoms with van der Waals surface area (Å²) in [5.41, 5.74) is 2.78. The maximum absolute atomic E-state index is 5.85. The minimum Gasteiger partial charge on any atom is -0.493 e. The molecule has 96 valence electrons. The number of benzene rings is 1. The van der Waals surface area contributed by atoms with E-state index in [1.54, 1.807) is 0 Å². The summed E-state index contributed by atoms with van der Waals surface area (Å²) in [4.78, 5) is 0. The van der Waals surface area contributed by atoms with Crippen LogP contribution in [-0.2, 0) is 6.42 Å². The second kappa shape index (κ2) is 6.68. The van der Waals surface area contributed by atoms with Gasteiger partial charge in [0.25, 0.3) is 0 Å². The molecule has 0 N–H and O–H groups in total. The topological polar surface area (TPSA) is 9.23 Å². The number of rotatable bonds is 6. The first kappa shape index (κ1) is 14.1. The molecule has 0 atom stereocenters. The quantitative estimate of drug-likeness (QED) is 0.687. The third-order valence-electron chi connectivity index (χ3n) is 2.78. The average molecular weight is 234 g/mol. The zero-order valence-electron chi connectivity index (χ0n) is 11.9. The van der Waals surface area contributed by atoms with Gasteiger partial charge in [0.1, 0.15) is 5.75 Å². The molecule has 0 saturated heterocycles. The lowest BCUT2D eigenvalue weighted by molar-refractivity contribution is 0.270. The summed E-state index contributed by atoms with van der Waals surface area (Å²) in [5, 5.41) is 0. The van der Waals surface area contributed by atoms with Gasteiger partial charge in [0, 0.05) is 0 Å². The molecule has 0 aliphatic carbocycles. The van der Waals surface area contributed by atoms with Crippen LogP contribution in [0.5, 0.6) is 5.75 Å². The Labute approximate surface area is 106 Å². The SMILES string of the molecule is CCCc1cc(OCC(C)C)cc(C(C)C)c1. The number of hydrogen-bond acceptors (Lipinski definition) is 1. The maximum atomic E-state index is 5.85. The second-order valence-electron chi connectivity index (χ2n) is 5.52. The van der Waals surface area contributed by atoms with Crippen LogP contribution < -0.4 is 4.74 Å². The van der Waals surface area contributed by atoms with E-state index in [2.05, 4.69) is 52.8 Å². The van der Waals surface area contributed by atoms with Crippen molar-refractivity contribution in [3.8, 4) is 5.75 Å². The molecule has 0 saturated carbocycles. The fraction of sp³-hybridized carbons (Fsp3) is 0.625. The van der Waals surface area contributed by atoms with Crippen LogP contribution in [0, 0.1) is 5.92 Å². The van der Waals surface area contributed by atoms with Gasteiger partial charge in [-0.2, -0.15) is 0 Å². The summed E-state index contributed by atoms with van der Waals surface area (Å²) in [5.74, 6) is 2.17. The highest BCUT2D eigenvalue weighted by Crippen LogP contribution is 2.24. The molecule has 1 aromatic carbocycles. The van der Waals surface area contributed by atoms with Crippen molar-refractivity contribution in [2.75, 3.05) is 6.61 Å². The highest BCUT2D eigenvalue weighted by molar-refractivity contribution is 5.36. The average Bonchev–Trinajstić information content (AvgIpc) is 2.26. The van der Waals surface area contributed by atoms with Gasteiger partial charge in [0.05, 0.1) is 6.61 Å². The van der Waals surface area contributed by atoms with Crippen LogP contribution in [0.25, 0.3) is 0 Å². The summed E-state index contributed by atoms with van der Waals surface area (Å²) >= 11 is 0. The molecule has 0 heterocycles. The maximum Gasteiger partial charge on any atom is 0.119 e. The Hall–Kier alpha value is -0.980. The molecule has 0 aromatic heterocycles. The Balaban J connectivity index is 2.87. The van der Waals surface area contributed by atoms with E-state index >= 15 is 0 Å². The van der Waals surface area contributed by atoms with Gasteiger partial charge in [-0.3, -0.25) is 0 Å². The Kier molecular flexibility index (Phi) is 5.54. The molecule has 0 amide bonds. The summed E-state index contributed by atoms with van der Waals surface area (Å²) in [6.07, 6.45) is 2.32. The van der Waals surface area contributed by atoms with Gasteiger partial charge in [-0.05, 0) is 41.5 Å². The Morgan fingerprint density at radius 2 is 1.76 bits per heavy atom. The number of hydrogen-bond donors (Lipinski definition) is 0. The zero-order chi connectivity index (χ0) is 12.8. The van der Waals surface area contributed by atoms with Gasteiger partial charge in [-0.15, -0.1) is 0 Å². The van der Waals surface area contributed by atoms with Gasteiger partial charge in [-0.1, -0.05) is 47.1 Å². The summed E-state index contributed by atoms with van der Waals surface area (Å²) < 4.78 is 5.85. The van der Waals surface area contributed by atoms with Crippen molar-refractivity contribution in [1.82, 2.24) is 0 Å². The van der Waals surface area contributed by atoms with Crippen LogP contribution in [0.4, 0.5) is 0 Å². The lowest BCUT2D eigenvalue weighted by atomic mass is 9.98.